The molecule has 1 aliphatic heterocycles. The first-order valence-electron chi connectivity index (χ1n) is 6.60. The highest BCUT2D eigenvalue weighted by Gasteiger charge is 2.33. The van der Waals surface area contributed by atoms with E-state index in [1.807, 2.05) is 0 Å². The molecule has 2 aromatic rings. The van der Waals surface area contributed by atoms with E-state index in [4.69, 9.17) is 0 Å². The van der Waals surface area contributed by atoms with E-state index in [1.54, 1.807) is 30.3 Å². The largest absolute Gasteiger partial charge is 0.321 e. The standard InChI is InChI=1S/C16H13F2NOS/c17-13-7-3-1-5-11(13)15(20)19-9-10-21-16(19)12-6-2-4-8-14(12)18/h1-8,16H,9-10H2. The first kappa shape index (κ1) is 14.1. The highest BCUT2D eigenvalue weighted by Crippen LogP contribution is 2.39. The number of hydrogen-bond donors (Lipinski definition) is 0. The molecule has 1 unspecified atom stereocenters. The predicted octanol–water partition coefficient (Wildman–Crippen LogP) is 3.85. The van der Waals surface area contributed by atoms with Crippen molar-refractivity contribution in [2.24, 2.45) is 0 Å². The number of benzene rings is 2. The molecule has 1 aliphatic rings. The third kappa shape index (κ3) is 2.65. The van der Waals surface area contributed by atoms with Gasteiger partial charge in [-0.15, -0.1) is 11.8 Å². The summed E-state index contributed by atoms with van der Waals surface area (Å²) >= 11 is 1.49. The Morgan fingerprint density at radius 1 is 1.05 bits per heavy atom. The van der Waals surface area contributed by atoms with Gasteiger partial charge in [-0.25, -0.2) is 8.78 Å². The maximum atomic E-state index is 13.9. The van der Waals surface area contributed by atoms with E-state index in [-0.39, 0.29) is 11.4 Å². The average Bonchev–Trinajstić information content (AvgIpc) is 2.97. The molecule has 5 heteroatoms. The third-order valence-electron chi connectivity index (χ3n) is 3.43. The second-order valence-corrected chi connectivity index (χ2v) is 5.91. The second kappa shape index (κ2) is 5.85. The predicted molar refractivity (Wildman–Crippen MR) is 79.0 cm³/mol. The van der Waals surface area contributed by atoms with E-state index in [9.17, 15) is 13.6 Å². The van der Waals surface area contributed by atoms with Crippen LogP contribution in [0, 0.1) is 11.6 Å². The number of nitrogens with zero attached hydrogens (tertiary/aromatic N) is 1. The first-order chi connectivity index (χ1) is 10.2. The van der Waals surface area contributed by atoms with Crippen LogP contribution in [0.25, 0.3) is 0 Å². The normalized spacial score (nSPS) is 18.0. The molecule has 0 radical (unpaired) electrons. The summed E-state index contributed by atoms with van der Waals surface area (Å²) in [6.07, 6.45) is 0. The van der Waals surface area contributed by atoms with Crippen molar-refractivity contribution in [3.05, 3.63) is 71.3 Å². The quantitative estimate of drug-likeness (QED) is 0.840. The second-order valence-electron chi connectivity index (χ2n) is 4.72. The molecule has 1 amide bonds. The van der Waals surface area contributed by atoms with Crippen molar-refractivity contribution in [1.29, 1.82) is 0 Å². The maximum absolute atomic E-state index is 13.9. The molecule has 0 N–H and O–H groups in total. The van der Waals surface area contributed by atoms with Gasteiger partial charge in [-0.1, -0.05) is 30.3 Å². The monoisotopic (exact) mass is 305 g/mol. The zero-order valence-electron chi connectivity index (χ0n) is 11.1. The van der Waals surface area contributed by atoms with Crippen molar-refractivity contribution in [3.8, 4) is 0 Å². The average molecular weight is 305 g/mol. The summed E-state index contributed by atoms with van der Waals surface area (Å²) in [6.45, 7) is 0.483. The number of thioether (sulfide) groups is 1. The third-order valence-corrected chi connectivity index (χ3v) is 4.67. The van der Waals surface area contributed by atoms with E-state index < -0.39 is 17.1 Å². The molecule has 2 aromatic carbocycles. The van der Waals surface area contributed by atoms with Crippen LogP contribution in [-0.4, -0.2) is 23.1 Å². The van der Waals surface area contributed by atoms with Crippen LogP contribution in [0.4, 0.5) is 8.78 Å². The van der Waals surface area contributed by atoms with Gasteiger partial charge in [-0.2, -0.15) is 0 Å². The molecule has 1 heterocycles. The molecule has 0 saturated carbocycles. The van der Waals surface area contributed by atoms with Crippen LogP contribution in [-0.2, 0) is 0 Å². The molecule has 21 heavy (non-hydrogen) atoms. The fraction of sp³-hybridized carbons (Fsp3) is 0.188. The smallest absolute Gasteiger partial charge is 0.258 e. The zero-order valence-corrected chi connectivity index (χ0v) is 11.9. The number of rotatable bonds is 2. The summed E-state index contributed by atoms with van der Waals surface area (Å²) < 4.78 is 27.7. The van der Waals surface area contributed by atoms with E-state index in [1.165, 1.54) is 34.9 Å². The molecule has 1 saturated heterocycles. The van der Waals surface area contributed by atoms with Crippen LogP contribution in [0.5, 0.6) is 0 Å². The molecular weight excluding hydrogens is 292 g/mol. The number of hydrogen-bond acceptors (Lipinski definition) is 2. The van der Waals surface area contributed by atoms with E-state index in [0.717, 1.165) is 0 Å². The molecule has 0 aliphatic carbocycles. The van der Waals surface area contributed by atoms with Crippen molar-refractivity contribution >= 4 is 17.7 Å². The summed E-state index contributed by atoms with van der Waals surface area (Å²) in [7, 11) is 0. The van der Waals surface area contributed by atoms with E-state index in [2.05, 4.69) is 0 Å². The van der Waals surface area contributed by atoms with Gasteiger partial charge in [0.1, 0.15) is 17.0 Å². The molecule has 108 valence electrons. The number of carbonyl (C=O) groups excluding carboxylic acids is 1. The van der Waals surface area contributed by atoms with E-state index in [0.29, 0.717) is 17.9 Å². The van der Waals surface area contributed by atoms with Gasteiger partial charge >= 0.3 is 0 Å². The van der Waals surface area contributed by atoms with Gasteiger partial charge in [0.25, 0.3) is 5.91 Å². The Bertz CT molecular complexity index is 677. The Hall–Kier alpha value is -1.88. The number of carbonyl (C=O) groups is 1. The maximum Gasteiger partial charge on any atom is 0.258 e. The van der Waals surface area contributed by atoms with Crippen LogP contribution in [0.2, 0.25) is 0 Å². The molecule has 0 aromatic heterocycles. The summed E-state index contributed by atoms with van der Waals surface area (Å²) in [6, 6.07) is 12.3. The van der Waals surface area contributed by atoms with Crippen molar-refractivity contribution < 1.29 is 13.6 Å². The zero-order chi connectivity index (χ0) is 14.8. The molecule has 0 spiro atoms. The van der Waals surface area contributed by atoms with Crippen LogP contribution < -0.4 is 0 Å². The molecular formula is C16H13F2NOS. The van der Waals surface area contributed by atoms with Gasteiger partial charge in [-0.3, -0.25) is 4.79 Å². The van der Waals surface area contributed by atoms with Gasteiger partial charge in [0, 0.05) is 17.9 Å². The Morgan fingerprint density at radius 2 is 1.71 bits per heavy atom. The Balaban J connectivity index is 1.93. The minimum atomic E-state index is -0.549. The van der Waals surface area contributed by atoms with Gasteiger partial charge in [0.15, 0.2) is 0 Å². The molecule has 2 nitrogen and oxygen atoms in total. The van der Waals surface area contributed by atoms with Crippen LogP contribution in [0.1, 0.15) is 21.3 Å². The summed E-state index contributed by atoms with van der Waals surface area (Å²) in [5.74, 6) is -0.583. The lowest BCUT2D eigenvalue weighted by molar-refractivity contribution is 0.0754. The Morgan fingerprint density at radius 3 is 2.43 bits per heavy atom. The minimum Gasteiger partial charge on any atom is -0.321 e. The van der Waals surface area contributed by atoms with Crippen LogP contribution in [0.15, 0.2) is 48.5 Å². The number of halogens is 2. The minimum absolute atomic E-state index is 0.0290. The van der Waals surface area contributed by atoms with Gasteiger partial charge in [0.05, 0.1) is 5.56 Å². The Labute approximate surface area is 125 Å². The summed E-state index contributed by atoms with van der Waals surface area (Å²) in [5.41, 5.74) is 0.492. The van der Waals surface area contributed by atoms with Crippen molar-refractivity contribution in [2.45, 2.75) is 5.37 Å². The van der Waals surface area contributed by atoms with Crippen LogP contribution >= 0.6 is 11.8 Å². The summed E-state index contributed by atoms with van der Waals surface area (Å²) in [4.78, 5) is 14.0. The lowest BCUT2D eigenvalue weighted by atomic mass is 10.1. The summed E-state index contributed by atoms with van der Waals surface area (Å²) in [5, 5.41) is -0.404. The van der Waals surface area contributed by atoms with Crippen molar-refractivity contribution in [2.75, 3.05) is 12.3 Å². The molecule has 1 atom stereocenters. The molecule has 1 fully saturated rings. The number of amides is 1. The van der Waals surface area contributed by atoms with Crippen molar-refractivity contribution in [1.82, 2.24) is 4.90 Å². The topological polar surface area (TPSA) is 20.3 Å². The van der Waals surface area contributed by atoms with Crippen LogP contribution in [0.3, 0.4) is 0 Å². The fourth-order valence-electron chi connectivity index (χ4n) is 2.40. The van der Waals surface area contributed by atoms with Crippen molar-refractivity contribution in [3.63, 3.8) is 0 Å². The highest BCUT2D eigenvalue weighted by molar-refractivity contribution is 7.99. The first-order valence-corrected chi connectivity index (χ1v) is 7.65. The Kier molecular flexibility index (Phi) is 3.92. The fourth-order valence-corrected chi connectivity index (χ4v) is 3.68. The van der Waals surface area contributed by atoms with Gasteiger partial charge in [0.2, 0.25) is 0 Å². The van der Waals surface area contributed by atoms with Gasteiger partial charge in [-0.05, 0) is 18.2 Å². The van der Waals surface area contributed by atoms with E-state index >= 15 is 0 Å². The van der Waals surface area contributed by atoms with Gasteiger partial charge < -0.3 is 4.90 Å². The SMILES string of the molecule is O=C(c1ccccc1F)N1CCSC1c1ccccc1F. The molecule has 0 bridgehead atoms. The highest BCUT2D eigenvalue weighted by atomic mass is 32.2. The lowest BCUT2D eigenvalue weighted by Gasteiger charge is -2.24. The lowest BCUT2D eigenvalue weighted by Crippen LogP contribution is -2.31. The molecule has 3 rings (SSSR count).